The Labute approximate surface area is 185 Å². The number of fused-ring (bicyclic) bond motifs is 3. The van der Waals surface area contributed by atoms with Gasteiger partial charge in [0.05, 0.1) is 34.0 Å². The van der Waals surface area contributed by atoms with Crippen LogP contribution < -0.4 is 0 Å². The molecule has 1 aliphatic heterocycles. The van der Waals surface area contributed by atoms with Crippen LogP contribution in [0.1, 0.15) is 45.0 Å². The van der Waals surface area contributed by atoms with Crippen LogP contribution >= 0.6 is 23.2 Å². The number of carbonyl (C=O) groups excluding carboxylic acids is 1. The van der Waals surface area contributed by atoms with Crippen molar-refractivity contribution in [2.45, 2.75) is 52.8 Å². The van der Waals surface area contributed by atoms with Crippen LogP contribution in [0.2, 0.25) is 10.0 Å². The highest BCUT2D eigenvalue weighted by Crippen LogP contribution is 2.45. The van der Waals surface area contributed by atoms with E-state index in [1.807, 2.05) is 58.6 Å². The van der Waals surface area contributed by atoms with Gasteiger partial charge in [0, 0.05) is 30.7 Å². The molecule has 0 N–H and O–H groups in total. The van der Waals surface area contributed by atoms with E-state index in [-0.39, 0.29) is 12.1 Å². The second-order valence-corrected chi connectivity index (χ2v) is 9.44. The lowest BCUT2D eigenvalue weighted by Gasteiger charge is -2.35. The lowest BCUT2D eigenvalue weighted by molar-refractivity contribution is 0.0122. The average Bonchev–Trinajstić information content (AvgIpc) is 3.23. The van der Waals surface area contributed by atoms with E-state index in [2.05, 4.69) is 5.10 Å². The SMILES string of the molecule is Cc1c(Cl)c(Cl)c2nn3c(c2c1-c1ccn(C)n1)C(C)N(C(=O)OC(C)(C)C)CC3. The van der Waals surface area contributed by atoms with Gasteiger partial charge in [0.2, 0.25) is 0 Å². The first-order valence-corrected chi connectivity index (χ1v) is 10.6. The summed E-state index contributed by atoms with van der Waals surface area (Å²) in [5.74, 6) is 0. The molecule has 4 rings (SSSR count). The Hall–Kier alpha value is -2.25. The summed E-state index contributed by atoms with van der Waals surface area (Å²) in [5.41, 5.74) is 3.48. The third-order valence-corrected chi connectivity index (χ3v) is 6.30. The van der Waals surface area contributed by atoms with Gasteiger partial charge in [-0.3, -0.25) is 14.3 Å². The number of rotatable bonds is 1. The van der Waals surface area contributed by atoms with Crippen molar-refractivity contribution in [1.82, 2.24) is 24.5 Å². The summed E-state index contributed by atoms with van der Waals surface area (Å²) in [6, 6.07) is 1.69. The van der Waals surface area contributed by atoms with Gasteiger partial charge in [-0.1, -0.05) is 23.2 Å². The average molecular weight is 450 g/mol. The first-order chi connectivity index (χ1) is 14.0. The lowest BCUT2D eigenvalue weighted by Crippen LogP contribution is -2.43. The fourth-order valence-electron chi connectivity index (χ4n) is 4.02. The van der Waals surface area contributed by atoms with Gasteiger partial charge in [0.1, 0.15) is 11.1 Å². The summed E-state index contributed by atoms with van der Waals surface area (Å²) < 4.78 is 9.30. The van der Waals surface area contributed by atoms with E-state index in [0.29, 0.717) is 28.7 Å². The molecular weight excluding hydrogens is 425 g/mol. The molecule has 9 heteroatoms. The van der Waals surface area contributed by atoms with Crippen molar-refractivity contribution >= 4 is 40.2 Å². The number of benzene rings is 1. The summed E-state index contributed by atoms with van der Waals surface area (Å²) in [4.78, 5) is 14.6. The van der Waals surface area contributed by atoms with Crippen LogP contribution in [0.5, 0.6) is 0 Å². The molecule has 0 aliphatic carbocycles. The van der Waals surface area contributed by atoms with E-state index in [1.54, 1.807) is 9.58 Å². The van der Waals surface area contributed by atoms with E-state index < -0.39 is 5.60 Å². The zero-order chi connectivity index (χ0) is 22.0. The highest BCUT2D eigenvalue weighted by molar-refractivity contribution is 6.46. The van der Waals surface area contributed by atoms with Gasteiger partial charge in [0.25, 0.3) is 0 Å². The van der Waals surface area contributed by atoms with Gasteiger partial charge >= 0.3 is 6.09 Å². The normalized spacial score (nSPS) is 16.8. The lowest BCUT2D eigenvalue weighted by atomic mass is 9.96. The number of hydrogen-bond acceptors (Lipinski definition) is 4. The van der Waals surface area contributed by atoms with Gasteiger partial charge < -0.3 is 4.74 Å². The molecule has 1 aliphatic rings. The Morgan fingerprint density at radius 1 is 1.20 bits per heavy atom. The molecule has 1 amide bonds. The minimum atomic E-state index is -0.566. The minimum absolute atomic E-state index is 0.252. The molecule has 3 aromatic rings. The third kappa shape index (κ3) is 3.34. The van der Waals surface area contributed by atoms with Crippen molar-refractivity contribution < 1.29 is 9.53 Å². The number of nitrogens with zero attached hydrogens (tertiary/aromatic N) is 5. The number of carbonyl (C=O) groups is 1. The number of hydrogen-bond donors (Lipinski definition) is 0. The minimum Gasteiger partial charge on any atom is -0.444 e. The Kier molecular flexibility index (Phi) is 5.02. The zero-order valence-corrected chi connectivity index (χ0v) is 19.5. The molecule has 160 valence electrons. The highest BCUT2D eigenvalue weighted by Gasteiger charge is 2.35. The summed E-state index contributed by atoms with van der Waals surface area (Å²) in [6.45, 7) is 10.6. The Morgan fingerprint density at radius 3 is 2.50 bits per heavy atom. The van der Waals surface area contributed by atoms with Gasteiger partial charge in [-0.05, 0) is 46.2 Å². The molecule has 0 bridgehead atoms. The van der Waals surface area contributed by atoms with Crippen LogP contribution in [0.25, 0.3) is 22.2 Å². The third-order valence-electron chi connectivity index (χ3n) is 5.36. The van der Waals surface area contributed by atoms with Crippen molar-refractivity contribution in [3.8, 4) is 11.3 Å². The highest BCUT2D eigenvalue weighted by atomic mass is 35.5. The summed E-state index contributed by atoms with van der Waals surface area (Å²) >= 11 is 13.2. The molecule has 0 spiro atoms. The van der Waals surface area contributed by atoms with Gasteiger partial charge in [-0.2, -0.15) is 10.2 Å². The molecule has 2 aromatic heterocycles. The number of aromatic nitrogens is 4. The van der Waals surface area contributed by atoms with Crippen molar-refractivity contribution in [2.75, 3.05) is 6.54 Å². The smallest absolute Gasteiger partial charge is 0.410 e. The maximum atomic E-state index is 12.8. The standard InChI is InChI=1S/C21H25Cl2N5O2/c1-11-14(13-7-8-26(6)24-13)15-18(17(23)16(11)22)25-28-10-9-27(12(2)19(15)28)20(29)30-21(3,4)5/h7-8,12H,9-10H2,1-6H3. The maximum Gasteiger partial charge on any atom is 0.410 e. The van der Waals surface area contributed by atoms with Gasteiger partial charge in [-0.15, -0.1) is 0 Å². The number of halogens is 2. The molecule has 0 radical (unpaired) electrons. The molecule has 7 nitrogen and oxygen atoms in total. The predicted octanol–water partition coefficient (Wildman–Crippen LogP) is 5.36. The molecule has 0 saturated carbocycles. The van der Waals surface area contributed by atoms with Crippen molar-refractivity contribution in [2.24, 2.45) is 7.05 Å². The number of amides is 1. The fraction of sp³-hybridized carbons (Fsp3) is 0.476. The topological polar surface area (TPSA) is 65.2 Å². The van der Waals surface area contributed by atoms with Crippen LogP contribution in [0.4, 0.5) is 4.79 Å². The molecular formula is C21H25Cl2N5O2. The molecule has 0 saturated heterocycles. The van der Waals surface area contributed by atoms with E-state index in [0.717, 1.165) is 27.9 Å². The first-order valence-electron chi connectivity index (χ1n) is 9.87. The van der Waals surface area contributed by atoms with E-state index in [9.17, 15) is 4.79 Å². The second-order valence-electron chi connectivity index (χ2n) is 8.68. The van der Waals surface area contributed by atoms with Crippen molar-refractivity contribution in [3.63, 3.8) is 0 Å². The molecule has 1 aromatic carbocycles. The first kappa shape index (κ1) is 21.0. The zero-order valence-electron chi connectivity index (χ0n) is 18.0. The monoisotopic (exact) mass is 449 g/mol. The summed E-state index contributed by atoms with van der Waals surface area (Å²) in [7, 11) is 1.87. The van der Waals surface area contributed by atoms with Crippen LogP contribution in [0, 0.1) is 6.92 Å². The number of aryl methyl sites for hydroxylation is 1. The van der Waals surface area contributed by atoms with Crippen molar-refractivity contribution in [1.29, 1.82) is 0 Å². The maximum absolute atomic E-state index is 12.8. The molecule has 30 heavy (non-hydrogen) atoms. The van der Waals surface area contributed by atoms with Crippen LogP contribution in [-0.4, -0.2) is 42.7 Å². The Balaban J connectivity index is 1.94. The fourth-order valence-corrected chi connectivity index (χ4v) is 4.48. The van der Waals surface area contributed by atoms with Gasteiger partial charge in [0.15, 0.2) is 0 Å². The predicted molar refractivity (Wildman–Crippen MR) is 118 cm³/mol. The molecule has 0 fully saturated rings. The van der Waals surface area contributed by atoms with Crippen molar-refractivity contribution in [3.05, 3.63) is 33.6 Å². The van der Waals surface area contributed by atoms with Crippen LogP contribution in [0.3, 0.4) is 0 Å². The largest absolute Gasteiger partial charge is 0.444 e. The molecule has 3 heterocycles. The Bertz CT molecular complexity index is 1160. The van der Waals surface area contributed by atoms with Gasteiger partial charge in [-0.25, -0.2) is 4.79 Å². The van der Waals surface area contributed by atoms with E-state index in [4.69, 9.17) is 33.0 Å². The van der Waals surface area contributed by atoms with E-state index >= 15 is 0 Å². The molecule has 1 atom stereocenters. The molecule has 1 unspecified atom stereocenters. The summed E-state index contributed by atoms with van der Waals surface area (Å²) in [6.07, 6.45) is 1.54. The summed E-state index contributed by atoms with van der Waals surface area (Å²) in [5, 5.41) is 11.1. The quantitative estimate of drug-likeness (QED) is 0.501. The second kappa shape index (κ2) is 7.17. The van der Waals surface area contributed by atoms with Crippen LogP contribution in [0.15, 0.2) is 12.3 Å². The van der Waals surface area contributed by atoms with Crippen LogP contribution in [-0.2, 0) is 18.3 Å². The Morgan fingerprint density at radius 2 is 1.90 bits per heavy atom. The van der Waals surface area contributed by atoms with E-state index in [1.165, 1.54) is 0 Å². The number of ether oxygens (including phenoxy) is 1.